The molecule has 0 radical (unpaired) electrons. The van der Waals surface area contributed by atoms with Gasteiger partial charge >= 0.3 is 12.0 Å². The van der Waals surface area contributed by atoms with E-state index in [-0.39, 0.29) is 19.0 Å². The number of rotatable bonds is 6. The molecule has 1 heterocycles. The minimum absolute atomic E-state index is 0.0449. The Kier molecular flexibility index (Phi) is 5.28. The van der Waals surface area contributed by atoms with E-state index in [0.29, 0.717) is 5.82 Å². The number of aromatic nitrogens is 3. The molecule has 1 unspecified atom stereocenters. The highest BCUT2D eigenvalue weighted by Crippen LogP contribution is 2.09. The minimum Gasteiger partial charge on any atom is -0.481 e. The highest BCUT2D eigenvalue weighted by atomic mass is 16.4. The van der Waals surface area contributed by atoms with Crippen LogP contribution in [-0.4, -0.2) is 38.4 Å². The van der Waals surface area contributed by atoms with Crippen LogP contribution >= 0.6 is 0 Å². The Labute approximate surface area is 111 Å². The molecular formula is C11H19N5O3. The van der Waals surface area contributed by atoms with Crippen molar-refractivity contribution in [3.63, 3.8) is 0 Å². The summed E-state index contributed by atoms with van der Waals surface area (Å²) in [6.45, 7) is 3.94. The summed E-state index contributed by atoms with van der Waals surface area (Å²) in [6, 6.07) is -0.421. The van der Waals surface area contributed by atoms with Gasteiger partial charge in [-0.25, -0.2) is 4.79 Å². The number of carboxylic acids is 1. The third-order valence-corrected chi connectivity index (χ3v) is 2.82. The van der Waals surface area contributed by atoms with Gasteiger partial charge in [-0.3, -0.25) is 4.79 Å². The van der Waals surface area contributed by atoms with Crippen LogP contribution in [0.5, 0.6) is 0 Å². The van der Waals surface area contributed by atoms with E-state index in [9.17, 15) is 9.59 Å². The van der Waals surface area contributed by atoms with Gasteiger partial charge in [0.1, 0.15) is 6.33 Å². The highest BCUT2D eigenvalue weighted by Gasteiger charge is 2.21. The Morgan fingerprint density at radius 2 is 2.11 bits per heavy atom. The second kappa shape index (κ2) is 6.72. The lowest BCUT2D eigenvalue weighted by atomic mass is 9.96. The second-order valence-corrected chi connectivity index (χ2v) is 4.61. The lowest BCUT2D eigenvalue weighted by molar-refractivity contribution is -0.142. The van der Waals surface area contributed by atoms with Gasteiger partial charge in [0.15, 0.2) is 5.82 Å². The minimum atomic E-state index is -0.913. The fraction of sp³-hybridized carbons (Fsp3) is 0.636. The van der Waals surface area contributed by atoms with Gasteiger partial charge in [-0.15, -0.1) is 10.2 Å². The normalized spacial score (nSPS) is 12.2. The van der Waals surface area contributed by atoms with Gasteiger partial charge in [-0.2, -0.15) is 0 Å². The van der Waals surface area contributed by atoms with Crippen molar-refractivity contribution in [3.8, 4) is 0 Å². The van der Waals surface area contributed by atoms with Crippen LogP contribution in [0.25, 0.3) is 0 Å². The predicted molar refractivity (Wildman–Crippen MR) is 67.2 cm³/mol. The molecule has 3 N–H and O–H groups in total. The van der Waals surface area contributed by atoms with E-state index in [1.165, 1.54) is 6.33 Å². The molecule has 1 atom stereocenters. The number of urea groups is 1. The summed E-state index contributed by atoms with van der Waals surface area (Å²) in [6.07, 6.45) is 1.54. The largest absolute Gasteiger partial charge is 0.481 e. The van der Waals surface area contributed by atoms with Gasteiger partial charge in [-0.05, 0) is 5.92 Å². The number of hydrogen-bond donors (Lipinski definition) is 3. The first-order valence-corrected chi connectivity index (χ1v) is 5.99. The van der Waals surface area contributed by atoms with Crippen LogP contribution < -0.4 is 10.6 Å². The van der Waals surface area contributed by atoms with Crippen molar-refractivity contribution >= 4 is 12.0 Å². The maximum Gasteiger partial charge on any atom is 0.315 e. The summed E-state index contributed by atoms with van der Waals surface area (Å²) in [4.78, 5) is 22.5. The van der Waals surface area contributed by atoms with Crippen LogP contribution in [0.3, 0.4) is 0 Å². The van der Waals surface area contributed by atoms with Gasteiger partial charge in [0.25, 0.3) is 0 Å². The third-order valence-electron chi connectivity index (χ3n) is 2.82. The van der Waals surface area contributed by atoms with Crippen molar-refractivity contribution in [1.82, 2.24) is 25.4 Å². The number of aryl methyl sites for hydroxylation is 1. The van der Waals surface area contributed by atoms with E-state index < -0.39 is 17.9 Å². The number of hydrogen-bond acceptors (Lipinski definition) is 4. The Morgan fingerprint density at radius 3 is 2.58 bits per heavy atom. The first kappa shape index (κ1) is 14.9. The summed E-state index contributed by atoms with van der Waals surface area (Å²) in [5.41, 5.74) is 0. The van der Waals surface area contributed by atoms with Gasteiger partial charge in [-0.1, -0.05) is 13.8 Å². The zero-order valence-electron chi connectivity index (χ0n) is 11.3. The molecule has 1 rings (SSSR count). The first-order chi connectivity index (χ1) is 8.91. The predicted octanol–water partition coefficient (Wildman–Crippen LogP) is -0.0289. The first-order valence-electron chi connectivity index (χ1n) is 5.99. The molecule has 106 valence electrons. The van der Waals surface area contributed by atoms with Crippen LogP contribution in [0, 0.1) is 11.8 Å². The van der Waals surface area contributed by atoms with Crippen LogP contribution in [0.1, 0.15) is 19.7 Å². The summed E-state index contributed by atoms with van der Waals surface area (Å²) in [7, 11) is 1.77. The van der Waals surface area contributed by atoms with E-state index in [1.807, 2.05) is 0 Å². The highest BCUT2D eigenvalue weighted by molar-refractivity contribution is 5.75. The molecule has 8 nitrogen and oxygen atoms in total. The maximum absolute atomic E-state index is 11.5. The zero-order chi connectivity index (χ0) is 14.4. The molecule has 0 aliphatic heterocycles. The number of nitrogens with zero attached hydrogens (tertiary/aromatic N) is 3. The zero-order valence-corrected chi connectivity index (χ0v) is 11.3. The molecule has 19 heavy (non-hydrogen) atoms. The standard InChI is InChI=1S/C11H19N5O3/c1-7(2)8(10(17)18)4-12-11(19)13-5-9-15-14-6-16(9)3/h6-8H,4-5H2,1-3H3,(H,17,18)(H2,12,13,19). The molecule has 0 aliphatic rings. The van der Waals surface area contributed by atoms with Gasteiger partial charge < -0.3 is 20.3 Å². The average Bonchev–Trinajstić information content (AvgIpc) is 2.71. The Hall–Kier alpha value is -2.12. The van der Waals surface area contributed by atoms with Gasteiger partial charge in [0.2, 0.25) is 0 Å². The van der Waals surface area contributed by atoms with Crippen molar-refractivity contribution in [2.24, 2.45) is 18.9 Å². The van der Waals surface area contributed by atoms with E-state index in [2.05, 4.69) is 20.8 Å². The SMILES string of the molecule is CC(C)C(CNC(=O)NCc1nncn1C)C(=O)O. The summed E-state index contributed by atoms with van der Waals surface area (Å²) in [5, 5.41) is 21.6. The number of nitrogens with one attached hydrogen (secondary N) is 2. The van der Waals surface area contributed by atoms with Crippen molar-refractivity contribution < 1.29 is 14.7 Å². The van der Waals surface area contributed by atoms with E-state index >= 15 is 0 Å². The Bertz CT molecular complexity index is 443. The van der Waals surface area contributed by atoms with E-state index in [1.54, 1.807) is 25.5 Å². The Balaban J connectivity index is 2.35. The average molecular weight is 269 g/mol. The maximum atomic E-state index is 11.5. The molecule has 2 amide bonds. The monoisotopic (exact) mass is 269 g/mol. The number of carbonyl (C=O) groups is 2. The number of amides is 2. The molecular weight excluding hydrogens is 250 g/mol. The molecule has 0 fully saturated rings. The molecule has 0 saturated heterocycles. The summed E-state index contributed by atoms with van der Waals surface area (Å²) >= 11 is 0. The van der Waals surface area contributed by atoms with E-state index in [4.69, 9.17) is 5.11 Å². The number of carboxylic acid groups (broad SMARTS) is 1. The van der Waals surface area contributed by atoms with Crippen molar-refractivity contribution in [1.29, 1.82) is 0 Å². The molecule has 0 aliphatic carbocycles. The lowest BCUT2D eigenvalue weighted by Crippen LogP contribution is -2.41. The van der Waals surface area contributed by atoms with Gasteiger partial charge in [0, 0.05) is 13.6 Å². The smallest absolute Gasteiger partial charge is 0.315 e. The van der Waals surface area contributed by atoms with Crippen LogP contribution in [-0.2, 0) is 18.4 Å². The van der Waals surface area contributed by atoms with Crippen molar-refractivity contribution in [3.05, 3.63) is 12.2 Å². The molecule has 0 aromatic carbocycles. The second-order valence-electron chi connectivity index (χ2n) is 4.61. The third kappa shape index (κ3) is 4.57. The number of aliphatic carboxylic acids is 1. The quantitative estimate of drug-likeness (QED) is 0.672. The fourth-order valence-electron chi connectivity index (χ4n) is 1.50. The van der Waals surface area contributed by atoms with Gasteiger partial charge in [0.05, 0.1) is 12.5 Å². The summed E-state index contributed by atoms with van der Waals surface area (Å²) in [5.74, 6) is -0.936. The van der Waals surface area contributed by atoms with Crippen LogP contribution in [0.15, 0.2) is 6.33 Å². The van der Waals surface area contributed by atoms with E-state index in [0.717, 1.165) is 0 Å². The fourth-order valence-corrected chi connectivity index (χ4v) is 1.50. The lowest BCUT2D eigenvalue weighted by Gasteiger charge is -2.16. The Morgan fingerprint density at radius 1 is 1.42 bits per heavy atom. The van der Waals surface area contributed by atoms with Crippen LogP contribution in [0.2, 0.25) is 0 Å². The molecule has 1 aromatic rings. The number of carbonyl (C=O) groups excluding carboxylic acids is 1. The van der Waals surface area contributed by atoms with Crippen molar-refractivity contribution in [2.45, 2.75) is 20.4 Å². The molecule has 0 saturated carbocycles. The summed E-state index contributed by atoms with van der Waals surface area (Å²) < 4.78 is 1.69. The molecule has 0 bridgehead atoms. The molecule has 1 aromatic heterocycles. The van der Waals surface area contributed by atoms with Crippen LogP contribution in [0.4, 0.5) is 4.79 Å². The molecule has 8 heteroatoms. The molecule has 0 spiro atoms. The van der Waals surface area contributed by atoms with Crippen molar-refractivity contribution in [2.75, 3.05) is 6.54 Å². The topological polar surface area (TPSA) is 109 Å².